The Morgan fingerprint density at radius 2 is 2.16 bits per heavy atom. The van der Waals surface area contributed by atoms with Crippen LogP contribution in [0.5, 0.6) is 0 Å². The highest BCUT2D eigenvalue weighted by Crippen LogP contribution is 2.34. The SMILES string of the molecule is Cc1cc(N)nc(NCC2(F)CCC(CO)CC2)n1. The molecule has 0 aromatic carbocycles. The molecule has 106 valence electrons. The summed E-state index contributed by atoms with van der Waals surface area (Å²) < 4.78 is 14.5. The molecule has 0 unspecified atom stereocenters. The van der Waals surface area contributed by atoms with Gasteiger partial charge in [0.2, 0.25) is 5.95 Å². The van der Waals surface area contributed by atoms with Crippen molar-refractivity contribution in [1.82, 2.24) is 9.97 Å². The van der Waals surface area contributed by atoms with Crippen LogP contribution in [0.15, 0.2) is 6.07 Å². The molecule has 1 aliphatic rings. The van der Waals surface area contributed by atoms with Crippen molar-refractivity contribution in [2.24, 2.45) is 5.92 Å². The van der Waals surface area contributed by atoms with E-state index >= 15 is 0 Å². The van der Waals surface area contributed by atoms with Crippen molar-refractivity contribution in [3.63, 3.8) is 0 Å². The number of aryl methyl sites for hydroxylation is 1. The molecule has 0 spiro atoms. The molecule has 0 saturated heterocycles. The largest absolute Gasteiger partial charge is 0.396 e. The predicted molar refractivity (Wildman–Crippen MR) is 72.6 cm³/mol. The Morgan fingerprint density at radius 3 is 2.74 bits per heavy atom. The number of anilines is 2. The molecule has 0 bridgehead atoms. The summed E-state index contributed by atoms with van der Waals surface area (Å²) in [6, 6.07) is 1.67. The fourth-order valence-electron chi connectivity index (χ4n) is 2.46. The summed E-state index contributed by atoms with van der Waals surface area (Å²) in [6.07, 6.45) is 2.38. The lowest BCUT2D eigenvalue weighted by Crippen LogP contribution is -2.37. The molecule has 1 aliphatic carbocycles. The number of aromatic nitrogens is 2. The number of alkyl halides is 1. The maximum Gasteiger partial charge on any atom is 0.224 e. The molecule has 0 radical (unpaired) electrons. The molecule has 0 aliphatic heterocycles. The van der Waals surface area contributed by atoms with Crippen LogP contribution >= 0.6 is 0 Å². The predicted octanol–water partition coefficient (Wildman–Crippen LogP) is 1.67. The van der Waals surface area contributed by atoms with Crippen LogP contribution in [0.2, 0.25) is 0 Å². The summed E-state index contributed by atoms with van der Waals surface area (Å²) in [5.41, 5.74) is 5.14. The fourth-order valence-corrected chi connectivity index (χ4v) is 2.46. The zero-order chi connectivity index (χ0) is 13.9. The summed E-state index contributed by atoms with van der Waals surface area (Å²) in [4.78, 5) is 8.20. The lowest BCUT2D eigenvalue weighted by molar-refractivity contribution is 0.0746. The minimum Gasteiger partial charge on any atom is -0.396 e. The van der Waals surface area contributed by atoms with Crippen LogP contribution in [0.1, 0.15) is 31.4 Å². The molecule has 1 fully saturated rings. The molecule has 1 aromatic rings. The topological polar surface area (TPSA) is 84.1 Å². The van der Waals surface area contributed by atoms with Crippen molar-refractivity contribution < 1.29 is 9.50 Å². The summed E-state index contributed by atoms with van der Waals surface area (Å²) in [6.45, 7) is 2.16. The van der Waals surface area contributed by atoms with Crippen LogP contribution in [-0.4, -0.2) is 33.9 Å². The second kappa shape index (κ2) is 5.69. The Balaban J connectivity index is 1.91. The van der Waals surface area contributed by atoms with Gasteiger partial charge in [-0.25, -0.2) is 9.37 Å². The molecule has 0 atom stereocenters. The van der Waals surface area contributed by atoms with Gasteiger partial charge in [0, 0.05) is 18.4 Å². The van der Waals surface area contributed by atoms with Crippen LogP contribution in [0.4, 0.5) is 16.2 Å². The van der Waals surface area contributed by atoms with Crippen molar-refractivity contribution >= 4 is 11.8 Å². The molecular weight excluding hydrogens is 247 g/mol. The summed E-state index contributed by atoms with van der Waals surface area (Å²) in [7, 11) is 0. The Hall–Kier alpha value is -1.43. The van der Waals surface area contributed by atoms with Gasteiger partial charge in [0.05, 0.1) is 6.54 Å². The zero-order valence-corrected chi connectivity index (χ0v) is 11.2. The van der Waals surface area contributed by atoms with Crippen molar-refractivity contribution in [1.29, 1.82) is 0 Å². The normalized spacial score (nSPS) is 27.2. The van der Waals surface area contributed by atoms with E-state index in [-0.39, 0.29) is 19.1 Å². The summed E-state index contributed by atoms with van der Waals surface area (Å²) in [5, 5.41) is 12.0. The number of rotatable bonds is 4. The molecule has 5 nitrogen and oxygen atoms in total. The first-order valence-corrected chi connectivity index (χ1v) is 6.65. The van der Waals surface area contributed by atoms with Crippen molar-refractivity contribution in [2.45, 2.75) is 38.3 Å². The lowest BCUT2D eigenvalue weighted by atomic mass is 9.80. The van der Waals surface area contributed by atoms with Gasteiger partial charge < -0.3 is 16.2 Å². The van der Waals surface area contributed by atoms with Gasteiger partial charge in [-0.15, -0.1) is 0 Å². The van der Waals surface area contributed by atoms with Crippen LogP contribution in [0, 0.1) is 12.8 Å². The molecule has 0 amide bonds. The molecule has 19 heavy (non-hydrogen) atoms. The van der Waals surface area contributed by atoms with E-state index in [1.807, 2.05) is 6.92 Å². The van der Waals surface area contributed by atoms with Gasteiger partial charge in [-0.2, -0.15) is 4.98 Å². The Labute approximate surface area is 112 Å². The second-order valence-corrected chi connectivity index (χ2v) is 5.39. The number of nitrogens with two attached hydrogens (primary N) is 1. The van der Waals surface area contributed by atoms with E-state index in [1.54, 1.807) is 6.07 Å². The molecule has 1 saturated carbocycles. The lowest BCUT2D eigenvalue weighted by Gasteiger charge is -2.33. The standard InChI is InChI=1S/C13H21FN4O/c1-9-6-11(15)18-12(17-9)16-8-13(14)4-2-10(7-19)3-5-13/h6,10,19H,2-5,7-8H2,1H3,(H3,15,16,17,18). The average Bonchev–Trinajstić information content (AvgIpc) is 2.37. The zero-order valence-electron chi connectivity index (χ0n) is 11.2. The van der Waals surface area contributed by atoms with Gasteiger partial charge in [0.25, 0.3) is 0 Å². The van der Waals surface area contributed by atoms with Gasteiger partial charge in [-0.05, 0) is 38.5 Å². The highest BCUT2D eigenvalue weighted by molar-refractivity contribution is 5.38. The first-order chi connectivity index (χ1) is 9.00. The van der Waals surface area contributed by atoms with Gasteiger partial charge in [0.15, 0.2) is 0 Å². The van der Waals surface area contributed by atoms with Crippen LogP contribution in [-0.2, 0) is 0 Å². The number of nitrogens with zero attached hydrogens (tertiary/aromatic N) is 2. The van der Waals surface area contributed by atoms with E-state index in [0.29, 0.717) is 24.6 Å². The van der Waals surface area contributed by atoms with Gasteiger partial charge in [-0.3, -0.25) is 0 Å². The van der Waals surface area contributed by atoms with Crippen LogP contribution in [0.25, 0.3) is 0 Å². The Kier molecular flexibility index (Phi) is 4.19. The third kappa shape index (κ3) is 3.76. The van der Waals surface area contributed by atoms with E-state index in [1.165, 1.54) is 0 Å². The minimum atomic E-state index is -1.24. The smallest absolute Gasteiger partial charge is 0.224 e. The second-order valence-electron chi connectivity index (χ2n) is 5.39. The van der Waals surface area contributed by atoms with Gasteiger partial charge in [0.1, 0.15) is 11.5 Å². The number of hydrogen-bond donors (Lipinski definition) is 3. The van der Waals surface area contributed by atoms with Crippen LogP contribution < -0.4 is 11.1 Å². The van der Waals surface area contributed by atoms with E-state index in [4.69, 9.17) is 10.8 Å². The number of hydrogen-bond acceptors (Lipinski definition) is 5. The first-order valence-electron chi connectivity index (χ1n) is 6.65. The molecule has 4 N–H and O–H groups in total. The molecule has 1 heterocycles. The highest BCUT2D eigenvalue weighted by Gasteiger charge is 2.35. The Bertz CT molecular complexity index is 412. The minimum absolute atomic E-state index is 0.154. The van der Waals surface area contributed by atoms with E-state index in [0.717, 1.165) is 18.5 Å². The van der Waals surface area contributed by atoms with Crippen molar-refractivity contribution in [2.75, 3.05) is 24.2 Å². The van der Waals surface area contributed by atoms with Gasteiger partial charge >= 0.3 is 0 Å². The third-order valence-corrected chi connectivity index (χ3v) is 3.70. The maximum absolute atomic E-state index is 14.5. The number of aliphatic hydroxyl groups is 1. The third-order valence-electron chi connectivity index (χ3n) is 3.70. The summed E-state index contributed by atoms with van der Waals surface area (Å²) >= 11 is 0. The summed E-state index contributed by atoms with van der Waals surface area (Å²) in [5.74, 6) is 1.00. The van der Waals surface area contributed by atoms with Crippen molar-refractivity contribution in [3.05, 3.63) is 11.8 Å². The van der Waals surface area contributed by atoms with E-state index in [9.17, 15) is 4.39 Å². The average molecular weight is 268 g/mol. The number of nitrogens with one attached hydrogen (secondary N) is 1. The maximum atomic E-state index is 14.5. The monoisotopic (exact) mass is 268 g/mol. The molecular formula is C13H21FN4O. The quantitative estimate of drug-likeness (QED) is 0.773. The number of aliphatic hydroxyl groups excluding tert-OH is 1. The number of halogens is 1. The van der Waals surface area contributed by atoms with E-state index < -0.39 is 5.67 Å². The number of nitrogen functional groups attached to an aromatic ring is 1. The molecule has 6 heteroatoms. The van der Waals surface area contributed by atoms with Crippen molar-refractivity contribution in [3.8, 4) is 0 Å². The molecule has 1 aromatic heterocycles. The molecule has 2 rings (SSSR count). The Morgan fingerprint density at radius 1 is 1.47 bits per heavy atom. The van der Waals surface area contributed by atoms with Gasteiger partial charge in [-0.1, -0.05) is 0 Å². The van der Waals surface area contributed by atoms with Crippen LogP contribution in [0.3, 0.4) is 0 Å². The highest BCUT2D eigenvalue weighted by atomic mass is 19.1. The fraction of sp³-hybridized carbons (Fsp3) is 0.692. The first kappa shape index (κ1) is 14.0. The van der Waals surface area contributed by atoms with E-state index in [2.05, 4.69) is 15.3 Å².